The summed E-state index contributed by atoms with van der Waals surface area (Å²) in [6, 6.07) is 42.9. The molecule has 4 aromatic carbocycles. The van der Waals surface area contributed by atoms with E-state index in [0.29, 0.717) is 64.7 Å². The Bertz CT molecular complexity index is 1720. The van der Waals surface area contributed by atoms with Crippen molar-refractivity contribution >= 4 is 11.3 Å². The number of rotatable bonds is 6. The maximum Gasteiger partial charge on any atom is 0.123 e. The van der Waals surface area contributed by atoms with Gasteiger partial charge in [-0.2, -0.15) is 0 Å². The van der Waals surface area contributed by atoms with E-state index in [1.54, 1.807) is 11.3 Å². The minimum absolute atomic E-state index is 0.199. The van der Waals surface area contributed by atoms with Crippen LogP contribution in [0.3, 0.4) is 0 Å². The molecule has 298 valence electrons. The zero-order valence-electron chi connectivity index (χ0n) is 33.7. The normalized spacial score (nSPS) is 19.1. The van der Waals surface area contributed by atoms with Gasteiger partial charge in [0.05, 0.1) is 39.6 Å². The minimum atomic E-state index is 0.199. The molecule has 8 heteroatoms. The molecule has 0 N–H and O–H groups in total. The third-order valence-corrected chi connectivity index (χ3v) is 11.4. The van der Waals surface area contributed by atoms with E-state index in [0.717, 1.165) is 48.8 Å². The first-order valence-electron chi connectivity index (χ1n) is 20.2. The van der Waals surface area contributed by atoms with Gasteiger partial charge in [-0.1, -0.05) is 125 Å². The predicted octanol–water partition coefficient (Wildman–Crippen LogP) is 10.0. The monoisotopic (exact) mass is 776 g/mol. The largest absolute Gasteiger partial charge is 0.491 e. The van der Waals surface area contributed by atoms with Gasteiger partial charge in [0.15, 0.2) is 0 Å². The second kappa shape index (κ2) is 22.1. The molecule has 2 bridgehead atoms. The van der Waals surface area contributed by atoms with Gasteiger partial charge in [-0.15, -0.1) is 11.3 Å². The van der Waals surface area contributed by atoms with Gasteiger partial charge in [0.1, 0.15) is 24.7 Å². The zero-order valence-corrected chi connectivity index (χ0v) is 34.5. The number of thiophene rings is 1. The summed E-state index contributed by atoms with van der Waals surface area (Å²) in [6.45, 7) is 16.5. The Morgan fingerprint density at radius 1 is 0.500 bits per heavy atom. The zero-order chi connectivity index (χ0) is 39.0. The smallest absolute Gasteiger partial charge is 0.123 e. The van der Waals surface area contributed by atoms with Gasteiger partial charge < -0.3 is 23.7 Å². The summed E-state index contributed by atoms with van der Waals surface area (Å²) < 4.78 is 31.8. The number of hydrogen-bond donors (Lipinski definition) is 0. The molecule has 1 aliphatic heterocycles. The van der Waals surface area contributed by atoms with E-state index in [4.69, 9.17) is 23.7 Å². The average molecular weight is 777 g/mol. The van der Waals surface area contributed by atoms with Crippen molar-refractivity contribution in [2.24, 2.45) is 11.8 Å². The van der Waals surface area contributed by atoms with Gasteiger partial charge in [0.2, 0.25) is 0 Å². The molecule has 0 saturated heterocycles. The highest BCUT2D eigenvalue weighted by molar-refractivity contribution is 7.11. The first-order valence-corrected chi connectivity index (χ1v) is 21.0. The van der Waals surface area contributed by atoms with Crippen molar-refractivity contribution in [2.75, 3.05) is 39.6 Å². The van der Waals surface area contributed by atoms with Gasteiger partial charge in [-0.3, -0.25) is 9.80 Å². The van der Waals surface area contributed by atoms with Gasteiger partial charge >= 0.3 is 0 Å². The topological polar surface area (TPSA) is 52.6 Å². The number of benzene rings is 4. The highest BCUT2D eigenvalue weighted by Gasteiger charge is 2.26. The van der Waals surface area contributed by atoms with Crippen LogP contribution in [0.15, 0.2) is 121 Å². The van der Waals surface area contributed by atoms with Crippen LogP contribution < -0.4 is 9.47 Å². The van der Waals surface area contributed by atoms with Crippen molar-refractivity contribution in [1.29, 1.82) is 0 Å². The number of fused-ring (bicyclic) bond motifs is 4. The predicted molar refractivity (Wildman–Crippen MR) is 227 cm³/mol. The van der Waals surface area contributed by atoms with Crippen LogP contribution in [-0.2, 0) is 53.6 Å². The SMILES string of the molecule is CC(C)[C@H]1COCc2ccc(s2)COC[C@H](C(C)C)N(Cc2ccccc2)Cc2ccccc2OCCOCCOc2ccccc2CN1Cc1ccccc1. The molecule has 0 spiro atoms. The summed E-state index contributed by atoms with van der Waals surface area (Å²) in [7, 11) is 0. The van der Waals surface area contributed by atoms with Crippen molar-refractivity contribution in [3.05, 3.63) is 153 Å². The Balaban J connectivity index is 1.22. The summed E-state index contributed by atoms with van der Waals surface area (Å²) >= 11 is 1.78. The third kappa shape index (κ3) is 12.7. The molecular weight excluding hydrogens is 717 g/mol. The fourth-order valence-electron chi connectivity index (χ4n) is 7.30. The third-order valence-electron chi connectivity index (χ3n) is 10.4. The second-order valence-corrected chi connectivity index (χ2v) is 16.6. The van der Waals surface area contributed by atoms with Gasteiger partial charge in [-0.05, 0) is 47.2 Å². The molecule has 1 aromatic heterocycles. The molecule has 7 nitrogen and oxygen atoms in total. The van der Waals surface area contributed by atoms with Crippen LogP contribution in [0.2, 0.25) is 0 Å². The van der Waals surface area contributed by atoms with Crippen molar-refractivity contribution in [1.82, 2.24) is 9.80 Å². The first-order chi connectivity index (χ1) is 27.4. The highest BCUT2D eigenvalue weighted by Crippen LogP contribution is 2.28. The summed E-state index contributed by atoms with van der Waals surface area (Å²) in [5.74, 6) is 2.53. The molecule has 0 aliphatic carbocycles. The lowest BCUT2D eigenvalue weighted by Crippen LogP contribution is -2.41. The van der Waals surface area contributed by atoms with Crippen LogP contribution in [0.4, 0.5) is 0 Å². The molecule has 0 amide bonds. The van der Waals surface area contributed by atoms with Crippen molar-refractivity contribution in [2.45, 2.75) is 79.2 Å². The Labute approximate surface area is 339 Å². The number of hydrogen-bond acceptors (Lipinski definition) is 8. The highest BCUT2D eigenvalue weighted by atomic mass is 32.1. The molecule has 2 atom stereocenters. The fourth-order valence-corrected chi connectivity index (χ4v) is 8.20. The van der Waals surface area contributed by atoms with Crippen LogP contribution in [0.25, 0.3) is 0 Å². The summed E-state index contributed by atoms with van der Waals surface area (Å²) in [4.78, 5) is 7.51. The molecule has 5 aromatic rings. The van der Waals surface area contributed by atoms with Crippen LogP contribution in [0, 0.1) is 11.8 Å². The lowest BCUT2D eigenvalue weighted by atomic mass is 10.0. The molecule has 1 aliphatic rings. The second-order valence-electron chi connectivity index (χ2n) is 15.3. The standard InChI is InChI=1S/C48H60N2O5S/c1-37(2)45-35-52-33-43-23-24-44(56-43)34-53-36-46(38(3)4)50(30-40-17-9-6-10-18-40)32-42-20-12-14-22-48(42)55-28-26-51-25-27-54-47-21-13-11-19-41(47)31-49(45)29-39-15-7-5-8-16-39/h5-24,37-38,45-46H,25-36H2,1-4H3/t45-,46-/m1/s1. The molecule has 2 heterocycles. The van der Waals surface area contributed by atoms with E-state index in [1.807, 2.05) is 12.1 Å². The van der Waals surface area contributed by atoms with Gasteiger partial charge in [0, 0.05) is 59.1 Å². The Kier molecular flexibility index (Phi) is 16.4. The number of para-hydroxylation sites is 2. The van der Waals surface area contributed by atoms with E-state index in [1.165, 1.54) is 20.9 Å². The molecule has 0 saturated carbocycles. The van der Waals surface area contributed by atoms with Crippen molar-refractivity contribution < 1.29 is 23.7 Å². The number of nitrogens with zero attached hydrogens (tertiary/aromatic N) is 2. The molecule has 0 fully saturated rings. The molecule has 0 radical (unpaired) electrons. The van der Waals surface area contributed by atoms with Crippen LogP contribution in [0.1, 0.15) is 59.7 Å². The maximum atomic E-state index is 6.53. The lowest BCUT2D eigenvalue weighted by molar-refractivity contribution is 0.0230. The Morgan fingerprint density at radius 3 is 1.34 bits per heavy atom. The molecule has 6 rings (SSSR count). The van der Waals surface area contributed by atoms with Gasteiger partial charge in [0.25, 0.3) is 0 Å². The van der Waals surface area contributed by atoms with Crippen molar-refractivity contribution in [3.8, 4) is 11.5 Å². The summed E-state index contributed by atoms with van der Waals surface area (Å²) in [5, 5.41) is 0. The minimum Gasteiger partial charge on any atom is -0.491 e. The van der Waals surface area contributed by atoms with E-state index < -0.39 is 0 Å². The average Bonchev–Trinajstić information content (AvgIpc) is 3.66. The quantitative estimate of drug-likeness (QED) is 0.170. The summed E-state index contributed by atoms with van der Waals surface area (Å²) in [6.07, 6.45) is 0. The van der Waals surface area contributed by atoms with Crippen molar-refractivity contribution in [3.63, 3.8) is 0 Å². The summed E-state index contributed by atoms with van der Waals surface area (Å²) in [5.41, 5.74) is 4.86. The fraction of sp³-hybridized carbons (Fsp3) is 0.417. The number of ether oxygens (including phenoxy) is 5. The van der Waals surface area contributed by atoms with Gasteiger partial charge in [-0.25, -0.2) is 0 Å². The first kappa shape index (κ1) is 41.6. The molecule has 0 unspecified atom stereocenters. The Hall–Kier alpha value is -4.02. The van der Waals surface area contributed by atoms with E-state index >= 15 is 0 Å². The maximum absolute atomic E-state index is 6.53. The van der Waals surface area contributed by atoms with Crippen LogP contribution in [-0.4, -0.2) is 61.5 Å². The van der Waals surface area contributed by atoms with E-state index in [2.05, 4.69) is 147 Å². The van der Waals surface area contributed by atoms with E-state index in [9.17, 15) is 0 Å². The molecular formula is C48H60N2O5S. The van der Waals surface area contributed by atoms with Crippen LogP contribution >= 0.6 is 11.3 Å². The lowest BCUT2D eigenvalue weighted by Gasteiger charge is -2.35. The molecule has 56 heavy (non-hydrogen) atoms. The Morgan fingerprint density at radius 2 is 0.911 bits per heavy atom. The van der Waals surface area contributed by atoms with E-state index in [-0.39, 0.29) is 12.1 Å². The van der Waals surface area contributed by atoms with Crippen LogP contribution in [0.5, 0.6) is 11.5 Å².